The van der Waals surface area contributed by atoms with Crippen molar-refractivity contribution in [2.75, 3.05) is 0 Å². The van der Waals surface area contributed by atoms with E-state index in [-0.39, 0.29) is 0 Å². The highest BCUT2D eigenvalue weighted by Crippen LogP contribution is 2.36. The van der Waals surface area contributed by atoms with Crippen LogP contribution in [0.25, 0.3) is 6.08 Å². The summed E-state index contributed by atoms with van der Waals surface area (Å²) in [6.07, 6.45) is 4.75. The predicted molar refractivity (Wildman–Crippen MR) is 66.6 cm³/mol. The molecule has 1 heteroatoms. The summed E-state index contributed by atoms with van der Waals surface area (Å²) in [6.45, 7) is 9.33. The van der Waals surface area contributed by atoms with Crippen molar-refractivity contribution < 1.29 is 0 Å². The van der Waals surface area contributed by atoms with Gasteiger partial charge in [-0.3, -0.25) is 0 Å². The van der Waals surface area contributed by atoms with E-state index in [1.54, 1.807) is 5.56 Å². The number of fused-ring (bicyclic) bond motifs is 1. The molecule has 0 N–H and O–H groups in total. The molecule has 2 rings (SSSR count). The van der Waals surface area contributed by atoms with Crippen LogP contribution in [0, 0.1) is 13.8 Å². The van der Waals surface area contributed by atoms with Crippen molar-refractivity contribution in [1.82, 2.24) is 0 Å². The lowest BCUT2D eigenvalue weighted by Crippen LogP contribution is -2.13. The number of hydrogen-bond acceptors (Lipinski definition) is 0. The lowest BCUT2D eigenvalue weighted by atomic mass is 9.99. The average Bonchev–Trinajstić information content (AvgIpc) is 2.56. The van der Waals surface area contributed by atoms with Gasteiger partial charge in [0.1, 0.15) is 0 Å². The standard InChI is InChI=1S/C13H18Si/c1-9-5-6-10(2)13-11(9)7-8-12(13)14(3)4/h5-8,12,14H,1-4H3. The Hall–Kier alpha value is -0.823. The molecule has 0 aliphatic heterocycles. The minimum absolute atomic E-state index is 0.596. The van der Waals surface area contributed by atoms with E-state index in [0.717, 1.165) is 5.54 Å². The van der Waals surface area contributed by atoms with Crippen molar-refractivity contribution in [3.63, 3.8) is 0 Å². The van der Waals surface area contributed by atoms with Crippen LogP contribution in [0.3, 0.4) is 0 Å². The highest BCUT2D eigenvalue weighted by Gasteiger charge is 2.23. The molecule has 1 atom stereocenters. The van der Waals surface area contributed by atoms with Crippen LogP contribution < -0.4 is 0 Å². The summed E-state index contributed by atoms with van der Waals surface area (Å²) in [6, 6.07) is 4.51. The second-order valence-corrected chi connectivity index (χ2v) is 7.86. The minimum Gasteiger partial charge on any atom is -0.0794 e. The van der Waals surface area contributed by atoms with E-state index >= 15 is 0 Å². The molecule has 0 saturated carbocycles. The van der Waals surface area contributed by atoms with E-state index in [1.165, 1.54) is 16.7 Å². The van der Waals surface area contributed by atoms with Crippen LogP contribution in [0.1, 0.15) is 27.8 Å². The van der Waals surface area contributed by atoms with E-state index < -0.39 is 8.80 Å². The van der Waals surface area contributed by atoms with Crippen LogP contribution in [-0.2, 0) is 0 Å². The summed E-state index contributed by atoms with van der Waals surface area (Å²) in [5.41, 5.74) is 6.79. The maximum Gasteiger partial charge on any atom is 0.0436 e. The van der Waals surface area contributed by atoms with Gasteiger partial charge in [0.15, 0.2) is 0 Å². The van der Waals surface area contributed by atoms with Gasteiger partial charge < -0.3 is 0 Å². The largest absolute Gasteiger partial charge is 0.0794 e. The van der Waals surface area contributed by atoms with Crippen LogP contribution in [0.15, 0.2) is 18.2 Å². The van der Waals surface area contributed by atoms with Crippen LogP contribution in [0.5, 0.6) is 0 Å². The van der Waals surface area contributed by atoms with Gasteiger partial charge in [-0.25, -0.2) is 0 Å². The van der Waals surface area contributed by atoms with E-state index in [0.29, 0.717) is 0 Å². The summed E-state index contributed by atoms with van der Waals surface area (Å²) >= 11 is 0. The highest BCUT2D eigenvalue weighted by atomic mass is 28.3. The van der Waals surface area contributed by atoms with Gasteiger partial charge in [-0.2, -0.15) is 0 Å². The molecule has 1 aromatic rings. The quantitative estimate of drug-likeness (QED) is 0.612. The smallest absolute Gasteiger partial charge is 0.0436 e. The van der Waals surface area contributed by atoms with Gasteiger partial charge in [-0.05, 0) is 41.6 Å². The van der Waals surface area contributed by atoms with Gasteiger partial charge in [0, 0.05) is 8.80 Å². The fraction of sp³-hybridized carbons (Fsp3) is 0.385. The Kier molecular flexibility index (Phi) is 2.36. The van der Waals surface area contributed by atoms with Crippen LogP contribution >= 0.6 is 0 Å². The van der Waals surface area contributed by atoms with Crippen LogP contribution in [0.4, 0.5) is 0 Å². The second-order valence-electron chi connectivity index (χ2n) is 4.66. The van der Waals surface area contributed by atoms with E-state index in [2.05, 4.69) is 51.2 Å². The van der Waals surface area contributed by atoms with Gasteiger partial charge in [-0.15, -0.1) is 0 Å². The molecule has 0 amide bonds. The van der Waals surface area contributed by atoms with Crippen molar-refractivity contribution in [3.05, 3.63) is 40.5 Å². The Labute approximate surface area is 88.3 Å². The van der Waals surface area contributed by atoms with Gasteiger partial charge in [0.2, 0.25) is 0 Å². The zero-order valence-electron chi connectivity index (χ0n) is 9.46. The molecule has 0 nitrogen and oxygen atoms in total. The average molecular weight is 202 g/mol. The zero-order valence-corrected chi connectivity index (χ0v) is 10.6. The molecule has 0 radical (unpaired) electrons. The van der Waals surface area contributed by atoms with Crippen LogP contribution in [0.2, 0.25) is 13.1 Å². The number of allylic oxidation sites excluding steroid dienone is 1. The van der Waals surface area contributed by atoms with Crippen molar-refractivity contribution in [2.24, 2.45) is 0 Å². The molecule has 0 heterocycles. The Bertz CT molecular complexity index is 388. The lowest BCUT2D eigenvalue weighted by Gasteiger charge is -2.17. The molecule has 1 aromatic carbocycles. The van der Waals surface area contributed by atoms with Gasteiger partial charge in [-0.1, -0.05) is 37.4 Å². The predicted octanol–water partition coefficient (Wildman–Crippen LogP) is 3.44. The summed E-state index contributed by atoms with van der Waals surface area (Å²) in [5, 5.41) is 0. The summed E-state index contributed by atoms with van der Waals surface area (Å²) in [7, 11) is -0.596. The maximum atomic E-state index is 2.44. The molecule has 0 bridgehead atoms. The van der Waals surface area contributed by atoms with Crippen molar-refractivity contribution in [2.45, 2.75) is 32.5 Å². The third-order valence-corrected chi connectivity index (χ3v) is 5.24. The minimum atomic E-state index is -0.596. The molecule has 0 fully saturated rings. The van der Waals surface area contributed by atoms with E-state index in [9.17, 15) is 0 Å². The van der Waals surface area contributed by atoms with Crippen LogP contribution in [-0.4, -0.2) is 8.80 Å². The van der Waals surface area contributed by atoms with Gasteiger partial charge in [0.05, 0.1) is 0 Å². The van der Waals surface area contributed by atoms with Gasteiger partial charge >= 0.3 is 0 Å². The fourth-order valence-electron chi connectivity index (χ4n) is 2.37. The lowest BCUT2D eigenvalue weighted by molar-refractivity contribution is 1.15. The third-order valence-electron chi connectivity index (χ3n) is 3.24. The first-order chi connectivity index (χ1) is 6.61. The Morgan fingerprint density at radius 3 is 2.36 bits per heavy atom. The normalized spacial score (nSPS) is 19.1. The van der Waals surface area contributed by atoms with E-state index in [1.807, 2.05) is 0 Å². The first kappa shape index (κ1) is 9.72. The Morgan fingerprint density at radius 2 is 1.71 bits per heavy atom. The first-order valence-electron chi connectivity index (χ1n) is 5.39. The second kappa shape index (κ2) is 3.39. The van der Waals surface area contributed by atoms with Gasteiger partial charge in [0.25, 0.3) is 0 Å². The zero-order chi connectivity index (χ0) is 10.3. The summed E-state index contributed by atoms with van der Waals surface area (Å²) < 4.78 is 0. The number of rotatable bonds is 1. The SMILES string of the molecule is Cc1ccc(C)c2c1C=CC2[SiH](C)C. The Balaban J connectivity index is 2.58. The molecular weight excluding hydrogens is 184 g/mol. The molecule has 0 aromatic heterocycles. The third kappa shape index (κ3) is 1.36. The summed E-state index contributed by atoms with van der Waals surface area (Å²) in [5.74, 6) is 0. The van der Waals surface area contributed by atoms with Crippen molar-refractivity contribution in [1.29, 1.82) is 0 Å². The molecule has 0 spiro atoms. The summed E-state index contributed by atoms with van der Waals surface area (Å²) in [4.78, 5) is 0. The van der Waals surface area contributed by atoms with Crippen molar-refractivity contribution in [3.8, 4) is 0 Å². The Morgan fingerprint density at radius 1 is 1.07 bits per heavy atom. The number of benzene rings is 1. The molecule has 1 aliphatic rings. The number of hydrogen-bond donors (Lipinski definition) is 0. The molecule has 74 valence electrons. The molecule has 0 saturated heterocycles. The molecule has 1 aliphatic carbocycles. The van der Waals surface area contributed by atoms with Crippen molar-refractivity contribution >= 4 is 14.9 Å². The highest BCUT2D eigenvalue weighted by molar-refractivity contribution is 6.58. The monoisotopic (exact) mass is 202 g/mol. The number of aryl methyl sites for hydroxylation is 2. The molecular formula is C13H18Si. The maximum absolute atomic E-state index is 2.44. The van der Waals surface area contributed by atoms with E-state index in [4.69, 9.17) is 0 Å². The molecule has 1 unspecified atom stereocenters. The topological polar surface area (TPSA) is 0 Å². The molecule has 14 heavy (non-hydrogen) atoms. The fourth-order valence-corrected chi connectivity index (χ4v) is 4.03. The first-order valence-corrected chi connectivity index (χ1v) is 8.37.